The van der Waals surface area contributed by atoms with Crippen molar-refractivity contribution in [1.29, 1.82) is 5.26 Å². The zero-order valence-corrected chi connectivity index (χ0v) is 12.9. The Kier molecular flexibility index (Phi) is 4.26. The Labute approximate surface area is 141 Å². The summed E-state index contributed by atoms with van der Waals surface area (Å²) in [5.74, 6) is -0.668. The molecule has 0 saturated carbocycles. The van der Waals surface area contributed by atoms with Crippen molar-refractivity contribution in [3.8, 4) is 6.07 Å². The molecule has 25 heavy (non-hydrogen) atoms. The summed E-state index contributed by atoms with van der Waals surface area (Å²) in [5, 5.41) is 16.4. The predicted octanol–water partition coefficient (Wildman–Crippen LogP) is 1.76. The van der Waals surface area contributed by atoms with E-state index >= 15 is 0 Å². The molecular formula is C18H12N4O3. The van der Waals surface area contributed by atoms with E-state index in [1.807, 2.05) is 12.1 Å². The van der Waals surface area contributed by atoms with Gasteiger partial charge in [0.1, 0.15) is 11.6 Å². The number of benzene rings is 2. The van der Waals surface area contributed by atoms with Gasteiger partial charge in [0.15, 0.2) is 0 Å². The summed E-state index contributed by atoms with van der Waals surface area (Å²) in [6.07, 6.45) is 1.44. The highest BCUT2D eigenvalue weighted by molar-refractivity contribution is 6.12. The van der Waals surface area contributed by atoms with Crippen LogP contribution in [0, 0.1) is 11.3 Å². The second-order valence-electron chi connectivity index (χ2n) is 5.17. The van der Waals surface area contributed by atoms with E-state index in [9.17, 15) is 19.6 Å². The number of hydrogen-bond donors (Lipinski definition) is 3. The number of nitrogens with one attached hydrogen (secondary N) is 3. The van der Waals surface area contributed by atoms with Crippen LogP contribution in [0.5, 0.6) is 0 Å². The molecule has 0 aliphatic rings. The molecule has 3 rings (SSSR count). The van der Waals surface area contributed by atoms with Gasteiger partial charge >= 0.3 is 0 Å². The number of nitrogens with zero attached hydrogens (tertiary/aromatic N) is 1. The molecule has 3 aromatic rings. The average molecular weight is 332 g/mol. The van der Waals surface area contributed by atoms with Gasteiger partial charge in [-0.25, -0.2) is 0 Å². The number of carbonyl (C=O) groups excluding carboxylic acids is 1. The first kappa shape index (κ1) is 16.0. The molecule has 1 aromatic heterocycles. The molecule has 1 heterocycles. The summed E-state index contributed by atoms with van der Waals surface area (Å²) in [4.78, 5) is 36.2. The van der Waals surface area contributed by atoms with Gasteiger partial charge in [0.25, 0.3) is 17.0 Å². The van der Waals surface area contributed by atoms with Crippen LogP contribution in [0.1, 0.15) is 5.56 Å². The maximum Gasteiger partial charge on any atom is 0.272 e. The molecule has 1 amide bonds. The second-order valence-corrected chi connectivity index (χ2v) is 5.17. The molecule has 0 saturated heterocycles. The zero-order chi connectivity index (χ0) is 17.8. The molecule has 3 N–H and O–H groups in total. The van der Waals surface area contributed by atoms with Crippen molar-refractivity contribution in [1.82, 2.24) is 10.2 Å². The fraction of sp³-hybridized carbons (Fsp3) is 0. The number of amides is 1. The minimum Gasteiger partial charge on any atom is -0.321 e. The lowest BCUT2D eigenvalue weighted by Gasteiger charge is -2.07. The van der Waals surface area contributed by atoms with Crippen molar-refractivity contribution in [2.24, 2.45) is 0 Å². The van der Waals surface area contributed by atoms with Gasteiger partial charge < -0.3 is 5.32 Å². The molecular weight excluding hydrogens is 320 g/mol. The number of nitriles is 1. The summed E-state index contributed by atoms with van der Waals surface area (Å²) in [5.41, 5.74) is -0.294. The van der Waals surface area contributed by atoms with E-state index in [0.29, 0.717) is 5.56 Å². The van der Waals surface area contributed by atoms with Gasteiger partial charge in [-0.1, -0.05) is 36.4 Å². The van der Waals surface area contributed by atoms with Crippen molar-refractivity contribution in [3.05, 3.63) is 80.4 Å². The number of hydrogen-bond acceptors (Lipinski definition) is 4. The van der Waals surface area contributed by atoms with Gasteiger partial charge in [-0.15, -0.1) is 0 Å². The van der Waals surface area contributed by atoms with E-state index < -0.39 is 17.0 Å². The Balaban J connectivity index is 2.02. The number of aromatic amines is 2. The number of carbonyl (C=O) groups is 1. The Hall–Kier alpha value is -3.92. The van der Waals surface area contributed by atoms with Crippen LogP contribution in [0.25, 0.3) is 16.8 Å². The summed E-state index contributed by atoms with van der Waals surface area (Å²) < 4.78 is 0. The van der Waals surface area contributed by atoms with Crippen molar-refractivity contribution in [2.75, 3.05) is 5.32 Å². The van der Waals surface area contributed by atoms with Gasteiger partial charge in [0.2, 0.25) is 0 Å². The standard InChI is InChI=1S/C18H12N4O3/c19-10-12(9-11-5-2-1-3-6-11)16(23)20-14-8-4-7-13-15(14)18(25)22-21-17(13)24/h1-9H,(H,20,23)(H,21,24)(H,22,25)/b12-9-. The Morgan fingerprint density at radius 1 is 1.00 bits per heavy atom. The van der Waals surface area contributed by atoms with Crippen molar-refractivity contribution < 1.29 is 4.79 Å². The van der Waals surface area contributed by atoms with E-state index in [1.54, 1.807) is 30.3 Å². The van der Waals surface area contributed by atoms with E-state index in [1.165, 1.54) is 18.2 Å². The van der Waals surface area contributed by atoms with Crippen LogP contribution < -0.4 is 16.4 Å². The molecule has 0 aliphatic carbocycles. The smallest absolute Gasteiger partial charge is 0.272 e. The van der Waals surface area contributed by atoms with E-state index in [-0.39, 0.29) is 22.0 Å². The topological polar surface area (TPSA) is 119 Å². The lowest BCUT2D eigenvalue weighted by molar-refractivity contribution is -0.112. The summed E-state index contributed by atoms with van der Waals surface area (Å²) >= 11 is 0. The second kappa shape index (κ2) is 6.68. The van der Waals surface area contributed by atoms with Crippen LogP contribution in [-0.2, 0) is 4.79 Å². The third kappa shape index (κ3) is 3.23. The van der Waals surface area contributed by atoms with Crippen molar-refractivity contribution in [2.45, 2.75) is 0 Å². The highest BCUT2D eigenvalue weighted by Crippen LogP contribution is 2.18. The fourth-order valence-corrected chi connectivity index (χ4v) is 2.39. The molecule has 0 aliphatic heterocycles. The van der Waals surface area contributed by atoms with Crippen LogP contribution >= 0.6 is 0 Å². The lowest BCUT2D eigenvalue weighted by Crippen LogP contribution is -2.21. The minimum atomic E-state index is -0.668. The highest BCUT2D eigenvalue weighted by Gasteiger charge is 2.14. The quantitative estimate of drug-likeness (QED) is 0.500. The molecule has 0 atom stereocenters. The third-order valence-corrected chi connectivity index (χ3v) is 3.55. The Morgan fingerprint density at radius 3 is 2.44 bits per heavy atom. The molecule has 2 aromatic carbocycles. The first-order chi connectivity index (χ1) is 12.1. The predicted molar refractivity (Wildman–Crippen MR) is 93.9 cm³/mol. The van der Waals surface area contributed by atoms with Crippen LogP contribution in [-0.4, -0.2) is 16.1 Å². The Morgan fingerprint density at radius 2 is 1.72 bits per heavy atom. The zero-order valence-electron chi connectivity index (χ0n) is 12.9. The van der Waals surface area contributed by atoms with Crippen LogP contribution in [0.3, 0.4) is 0 Å². The van der Waals surface area contributed by atoms with E-state index in [0.717, 1.165) is 0 Å². The number of anilines is 1. The van der Waals surface area contributed by atoms with Gasteiger partial charge in [-0.2, -0.15) is 5.26 Å². The largest absolute Gasteiger partial charge is 0.321 e. The molecule has 122 valence electrons. The summed E-state index contributed by atoms with van der Waals surface area (Å²) in [7, 11) is 0. The van der Waals surface area contributed by atoms with Crippen molar-refractivity contribution >= 4 is 28.4 Å². The molecule has 0 unspecified atom stereocenters. The third-order valence-electron chi connectivity index (χ3n) is 3.55. The molecule has 0 radical (unpaired) electrons. The van der Waals surface area contributed by atoms with E-state index in [2.05, 4.69) is 15.5 Å². The van der Waals surface area contributed by atoms with Gasteiger partial charge in [0.05, 0.1) is 16.5 Å². The van der Waals surface area contributed by atoms with Crippen LogP contribution in [0.4, 0.5) is 5.69 Å². The minimum absolute atomic E-state index is 0.0524. The Bertz CT molecular complexity index is 1130. The summed E-state index contributed by atoms with van der Waals surface area (Å²) in [6, 6.07) is 15.3. The lowest BCUT2D eigenvalue weighted by atomic mass is 10.1. The van der Waals surface area contributed by atoms with Gasteiger partial charge in [0, 0.05) is 0 Å². The number of rotatable bonds is 3. The molecule has 0 fully saturated rings. The number of fused-ring (bicyclic) bond motifs is 1. The SMILES string of the molecule is N#C/C(=C/c1ccccc1)C(=O)Nc1cccc2c(=O)[nH][nH]c(=O)c12. The molecule has 7 heteroatoms. The molecule has 0 bridgehead atoms. The average Bonchev–Trinajstić information content (AvgIpc) is 2.63. The van der Waals surface area contributed by atoms with E-state index in [4.69, 9.17) is 0 Å². The van der Waals surface area contributed by atoms with Gasteiger partial charge in [-0.3, -0.25) is 24.6 Å². The fourth-order valence-electron chi connectivity index (χ4n) is 2.39. The van der Waals surface area contributed by atoms with Gasteiger partial charge in [-0.05, 0) is 23.8 Å². The number of H-pyrrole nitrogens is 2. The first-order valence-corrected chi connectivity index (χ1v) is 7.32. The molecule has 0 spiro atoms. The van der Waals surface area contributed by atoms with Crippen LogP contribution in [0.2, 0.25) is 0 Å². The van der Waals surface area contributed by atoms with Crippen LogP contribution in [0.15, 0.2) is 63.7 Å². The molecule has 7 nitrogen and oxygen atoms in total. The monoisotopic (exact) mass is 332 g/mol. The highest BCUT2D eigenvalue weighted by atomic mass is 16.2. The maximum atomic E-state index is 12.4. The maximum absolute atomic E-state index is 12.4. The van der Waals surface area contributed by atoms with Crippen molar-refractivity contribution in [3.63, 3.8) is 0 Å². The first-order valence-electron chi connectivity index (χ1n) is 7.32. The number of aromatic nitrogens is 2. The summed E-state index contributed by atoms with van der Waals surface area (Å²) in [6.45, 7) is 0. The normalized spacial score (nSPS) is 11.1.